The number of ether oxygens (including phenoxy) is 1. The molecule has 0 aliphatic carbocycles. The number of aryl methyl sites for hydroxylation is 1. The van der Waals surface area contributed by atoms with Crippen LogP contribution in [0.15, 0.2) is 18.2 Å². The number of fused-ring (bicyclic) bond motifs is 1. The summed E-state index contributed by atoms with van der Waals surface area (Å²) in [6, 6.07) is 4.16. The lowest BCUT2D eigenvalue weighted by atomic mass is 10.1. The predicted octanol–water partition coefficient (Wildman–Crippen LogP) is 2.36. The van der Waals surface area contributed by atoms with Gasteiger partial charge in [0.25, 0.3) is 5.78 Å². The van der Waals surface area contributed by atoms with Crippen LogP contribution in [0.25, 0.3) is 10.9 Å². The fourth-order valence-corrected chi connectivity index (χ4v) is 1.84. The molecule has 0 fully saturated rings. The number of hydrogen-bond donors (Lipinski definition) is 1. The Kier molecular flexibility index (Phi) is 3.14. The lowest BCUT2D eigenvalue weighted by molar-refractivity contribution is -0.137. The minimum Gasteiger partial charge on any atom is -0.460 e. The summed E-state index contributed by atoms with van der Waals surface area (Å²) in [5, 5.41) is 0.712. The van der Waals surface area contributed by atoms with E-state index in [0.717, 1.165) is 0 Å². The maximum Gasteiger partial charge on any atom is 0.381 e. The third kappa shape index (κ3) is 1.99. The summed E-state index contributed by atoms with van der Waals surface area (Å²) >= 11 is 0. The highest BCUT2D eigenvalue weighted by atomic mass is 19.1. The topological polar surface area (TPSA) is 59.2 Å². The van der Waals surface area contributed by atoms with Crippen LogP contribution in [0.1, 0.15) is 23.0 Å². The molecule has 0 unspecified atom stereocenters. The van der Waals surface area contributed by atoms with Gasteiger partial charge in [0.1, 0.15) is 5.82 Å². The van der Waals surface area contributed by atoms with Gasteiger partial charge in [-0.3, -0.25) is 4.79 Å². The SMILES string of the molecule is CCOC(=O)C(=O)c1[nH]c2cc(F)ccc2c1C. The molecule has 0 aliphatic rings. The molecule has 0 radical (unpaired) electrons. The Labute approximate surface area is 103 Å². The first-order valence-corrected chi connectivity index (χ1v) is 5.54. The van der Waals surface area contributed by atoms with Gasteiger partial charge in [-0.25, -0.2) is 9.18 Å². The fraction of sp³-hybridized carbons (Fsp3) is 0.231. The van der Waals surface area contributed by atoms with Crippen molar-refractivity contribution in [3.63, 3.8) is 0 Å². The molecule has 5 heteroatoms. The zero-order valence-corrected chi connectivity index (χ0v) is 10.0. The van der Waals surface area contributed by atoms with Crippen LogP contribution in [-0.2, 0) is 9.53 Å². The van der Waals surface area contributed by atoms with E-state index < -0.39 is 17.6 Å². The van der Waals surface area contributed by atoms with E-state index in [9.17, 15) is 14.0 Å². The van der Waals surface area contributed by atoms with E-state index in [0.29, 0.717) is 16.5 Å². The standard InChI is InChI=1S/C13H12FNO3/c1-3-18-13(17)12(16)11-7(2)9-5-4-8(14)6-10(9)15-11/h4-6,15H,3H2,1-2H3. The number of ketones is 1. The number of carbonyl (C=O) groups excluding carboxylic acids is 2. The maximum absolute atomic E-state index is 13.1. The number of aromatic nitrogens is 1. The monoisotopic (exact) mass is 249 g/mol. The molecule has 0 atom stereocenters. The predicted molar refractivity (Wildman–Crippen MR) is 64.0 cm³/mol. The van der Waals surface area contributed by atoms with E-state index in [4.69, 9.17) is 0 Å². The van der Waals surface area contributed by atoms with Crippen molar-refractivity contribution in [2.24, 2.45) is 0 Å². The molecule has 0 saturated heterocycles. The third-order valence-electron chi connectivity index (χ3n) is 2.71. The van der Waals surface area contributed by atoms with E-state index >= 15 is 0 Å². The van der Waals surface area contributed by atoms with Gasteiger partial charge in [0.2, 0.25) is 0 Å². The summed E-state index contributed by atoms with van der Waals surface area (Å²) in [5.41, 5.74) is 1.25. The van der Waals surface area contributed by atoms with Gasteiger partial charge >= 0.3 is 5.97 Å². The summed E-state index contributed by atoms with van der Waals surface area (Å²) in [4.78, 5) is 25.9. The molecule has 1 heterocycles. The number of benzene rings is 1. The lowest BCUT2D eigenvalue weighted by Gasteiger charge is -1.99. The summed E-state index contributed by atoms with van der Waals surface area (Å²) < 4.78 is 17.7. The number of hydrogen-bond acceptors (Lipinski definition) is 3. The van der Waals surface area contributed by atoms with Crippen LogP contribution >= 0.6 is 0 Å². The molecule has 1 N–H and O–H groups in total. The molecule has 94 valence electrons. The van der Waals surface area contributed by atoms with Gasteiger partial charge in [-0.2, -0.15) is 0 Å². The number of nitrogens with one attached hydrogen (secondary N) is 1. The molecule has 0 spiro atoms. The Balaban J connectivity index is 2.49. The summed E-state index contributed by atoms with van der Waals surface area (Å²) in [5.74, 6) is -2.06. The normalized spacial score (nSPS) is 10.6. The van der Waals surface area contributed by atoms with Crippen molar-refractivity contribution in [2.45, 2.75) is 13.8 Å². The number of halogens is 1. The highest BCUT2D eigenvalue weighted by Gasteiger charge is 2.22. The molecule has 1 aromatic heterocycles. The van der Waals surface area contributed by atoms with Crippen LogP contribution in [0.2, 0.25) is 0 Å². The molecular weight excluding hydrogens is 237 g/mol. The van der Waals surface area contributed by atoms with Gasteiger partial charge in [-0.05, 0) is 37.6 Å². The number of rotatable bonds is 3. The minimum absolute atomic E-state index is 0.137. The maximum atomic E-state index is 13.1. The number of carbonyl (C=O) groups is 2. The molecule has 4 nitrogen and oxygen atoms in total. The van der Waals surface area contributed by atoms with E-state index in [2.05, 4.69) is 9.72 Å². The Hall–Kier alpha value is -2.17. The molecule has 1 aromatic carbocycles. The fourth-order valence-electron chi connectivity index (χ4n) is 1.84. The number of H-pyrrole nitrogens is 1. The average molecular weight is 249 g/mol. The largest absolute Gasteiger partial charge is 0.460 e. The molecular formula is C13H12FNO3. The summed E-state index contributed by atoms with van der Waals surface area (Å²) in [6.07, 6.45) is 0. The molecule has 0 aliphatic heterocycles. The average Bonchev–Trinajstić information content (AvgIpc) is 2.65. The van der Waals surface area contributed by atoms with Crippen LogP contribution in [-0.4, -0.2) is 23.3 Å². The Morgan fingerprint density at radius 1 is 1.39 bits per heavy atom. The Morgan fingerprint density at radius 2 is 2.11 bits per heavy atom. The number of Topliss-reactive ketones (excluding diaryl/α,β-unsaturated/α-hetero) is 1. The smallest absolute Gasteiger partial charge is 0.381 e. The molecule has 2 aromatic rings. The molecule has 2 rings (SSSR count). The molecule has 0 bridgehead atoms. The van der Waals surface area contributed by atoms with Crippen molar-refractivity contribution in [1.29, 1.82) is 0 Å². The first-order chi connectivity index (χ1) is 8.54. The number of aromatic amines is 1. The van der Waals surface area contributed by atoms with Gasteiger partial charge in [-0.1, -0.05) is 0 Å². The van der Waals surface area contributed by atoms with E-state index in [1.165, 1.54) is 12.1 Å². The zero-order valence-electron chi connectivity index (χ0n) is 10.0. The first-order valence-electron chi connectivity index (χ1n) is 5.54. The van der Waals surface area contributed by atoms with Crippen LogP contribution in [0.3, 0.4) is 0 Å². The van der Waals surface area contributed by atoms with Gasteiger partial charge in [0, 0.05) is 10.9 Å². The zero-order chi connectivity index (χ0) is 13.3. The van der Waals surface area contributed by atoms with Crippen LogP contribution in [0.4, 0.5) is 4.39 Å². The van der Waals surface area contributed by atoms with E-state index in [1.54, 1.807) is 19.9 Å². The second-order valence-corrected chi connectivity index (χ2v) is 3.86. The van der Waals surface area contributed by atoms with Crippen molar-refractivity contribution >= 4 is 22.7 Å². The summed E-state index contributed by atoms with van der Waals surface area (Å²) in [6.45, 7) is 3.46. The molecule has 18 heavy (non-hydrogen) atoms. The molecule has 0 amide bonds. The van der Waals surface area contributed by atoms with Gasteiger partial charge in [0.15, 0.2) is 0 Å². The lowest BCUT2D eigenvalue weighted by Crippen LogP contribution is -2.18. The summed E-state index contributed by atoms with van der Waals surface area (Å²) in [7, 11) is 0. The minimum atomic E-state index is -0.910. The van der Waals surface area contributed by atoms with Gasteiger partial charge in [0.05, 0.1) is 12.3 Å². The van der Waals surface area contributed by atoms with Gasteiger partial charge < -0.3 is 9.72 Å². The van der Waals surface area contributed by atoms with Crippen molar-refractivity contribution in [3.05, 3.63) is 35.3 Å². The van der Waals surface area contributed by atoms with E-state index in [1.807, 2.05) is 0 Å². The third-order valence-corrected chi connectivity index (χ3v) is 2.71. The first kappa shape index (κ1) is 12.3. The highest BCUT2D eigenvalue weighted by molar-refractivity contribution is 6.41. The Bertz CT molecular complexity index is 630. The second kappa shape index (κ2) is 4.60. The van der Waals surface area contributed by atoms with Crippen molar-refractivity contribution < 1.29 is 18.7 Å². The van der Waals surface area contributed by atoms with E-state index in [-0.39, 0.29) is 12.3 Å². The quantitative estimate of drug-likeness (QED) is 0.516. The van der Waals surface area contributed by atoms with Crippen LogP contribution < -0.4 is 0 Å². The second-order valence-electron chi connectivity index (χ2n) is 3.86. The van der Waals surface area contributed by atoms with Crippen LogP contribution in [0, 0.1) is 12.7 Å². The molecule has 0 saturated carbocycles. The van der Waals surface area contributed by atoms with Gasteiger partial charge in [-0.15, -0.1) is 0 Å². The van der Waals surface area contributed by atoms with Crippen molar-refractivity contribution in [1.82, 2.24) is 4.98 Å². The Morgan fingerprint density at radius 3 is 2.78 bits per heavy atom. The highest BCUT2D eigenvalue weighted by Crippen LogP contribution is 2.23. The number of esters is 1. The van der Waals surface area contributed by atoms with Crippen molar-refractivity contribution in [2.75, 3.05) is 6.61 Å². The van der Waals surface area contributed by atoms with Crippen molar-refractivity contribution in [3.8, 4) is 0 Å². The van der Waals surface area contributed by atoms with Crippen LogP contribution in [0.5, 0.6) is 0 Å².